The first-order valence-electron chi connectivity index (χ1n) is 10.7. The first kappa shape index (κ1) is 22.3. The second-order valence-electron chi connectivity index (χ2n) is 7.67. The van der Waals surface area contributed by atoms with Crippen LogP contribution in [-0.4, -0.2) is 29.3 Å². The fourth-order valence-electron chi connectivity index (χ4n) is 3.96. The molecule has 3 heterocycles. The van der Waals surface area contributed by atoms with Gasteiger partial charge < -0.3 is 20.9 Å². The molecule has 0 aliphatic carbocycles. The molecule has 1 atom stereocenters. The molecule has 7 nitrogen and oxygen atoms in total. The molecule has 2 aromatic heterocycles. The topological polar surface area (TPSA) is 109 Å². The number of nitrogens with two attached hydrogens (primary N) is 2. The molecule has 1 aliphatic rings. The van der Waals surface area contributed by atoms with Gasteiger partial charge in [-0.3, -0.25) is 9.98 Å². The number of rotatable bonds is 2. The van der Waals surface area contributed by atoms with Crippen LogP contribution in [0.5, 0.6) is 11.5 Å². The Labute approximate surface area is 192 Å². The van der Waals surface area contributed by atoms with Crippen LogP contribution in [0.3, 0.4) is 0 Å². The van der Waals surface area contributed by atoms with E-state index in [9.17, 15) is 4.39 Å². The summed E-state index contributed by atoms with van der Waals surface area (Å²) in [6.07, 6.45) is 4.73. The summed E-state index contributed by atoms with van der Waals surface area (Å²) in [6, 6.07) is 8.28. The Morgan fingerprint density at radius 1 is 1.24 bits per heavy atom. The Hall–Kier alpha value is -3.94. The summed E-state index contributed by atoms with van der Waals surface area (Å²) < 4.78 is 25.9. The van der Waals surface area contributed by atoms with Gasteiger partial charge in [0.25, 0.3) is 0 Å². The van der Waals surface area contributed by atoms with Gasteiger partial charge in [-0.15, -0.1) is 0 Å². The molecule has 4 N–H and O–H groups in total. The SMILES string of the molecule is CCN=C1C(=CN)Cc2cc(OC)cnc2-c2ccc(F)cc2[C@@H](C)Oc2cc1cnc2N. The van der Waals surface area contributed by atoms with Crippen LogP contribution < -0.4 is 20.9 Å². The number of benzene rings is 1. The molecule has 0 spiro atoms. The molecule has 4 rings (SSSR count). The first-order chi connectivity index (χ1) is 15.9. The summed E-state index contributed by atoms with van der Waals surface area (Å²) in [5.74, 6) is 0.860. The van der Waals surface area contributed by atoms with Crippen molar-refractivity contribution in [2.45, 2.75) is 26.4 Å². The largest absolute Gasteiger partial charge is 0.495 e. The average molecular weight is 448 g/mol. The van der Waals surface area contributed by atoms with Crippen LogP contribution in [0.1, 0.15) is 36.6 Å². The predicted molar refractivity (Wildman–Crippen MR) is 127 cm³/mol. The molecule has 1 aliphatic heterocycles. The van der Waals surface area contributed by atoms with Crippen LogP contribution >= 0.6 is 0 Å². The van der Waals surface area contributed by atoms with Gasteiger partial charge in [0.15, 0.2) is 11.6 Å². The minimum atomic E-state index is -0.526. The number of halogens is 1. The number of hydrogen-bond acceptors (Lipinski definition) is 7. The van der Waals surface area contributed by atoms with Crippen molar-refractivity contribution in [1.29, 1.82) is 0 Å². The third-order valence-electron chi connectivity index (χ3n) is 5.55. The van der Waals surface area contributed by atoms with E-state index in [4.69, 9.17) is 20.9 Å². The lowest BCUT2D eigenvalue weighted by atomic mass is 9.91. The van der Waals surface area contributed by atoms with Crippen LogP contribution in [0.25, 0.3) is 11.3 Å². The molecule has 170 valence electrons. The van der Waals surface area contributed by atoms with Gasteiger partial charge in [0.2, 0.25) is 0 Å². The normalized spacial score (nSPS) is 18.0. The quantitative estimate of drug-likeness (QED) is 0.609. The monoisotopic (exact) mass is 447 g/mol. The molecular formula is C25H26FN5O2. The van der Waals surface area contributed by atoms with Crippen molar-refractivity contribution in [3.63, 3.8) is 0 Å². The van der Waals surface area contributed by atoms with Crippen molar-refractivity contribution in [3.8, 4) is 22.8 Å². The van der Waals surface area contributed by atoms with Crippen LogP contribution in [0.2, 0.25) is 0 Å². The maximum atomic E-state index is 14.3. The summed E-state index contributed by atoms with van der Waals surface area (Å²) >= 11 is 0. The van der Waals surface area contributed by atoms with Gasteiger partial charge in [-0.25, -0.2) is 9.37 Å². The van der Waals surface area contributed by atoms with E-state index in [1.165, 1.54) is 18.3 Å². The Balaban J connectivity index is 2.02. The molecule has 3 aromatic rings. The number of aliphatic imine (C=N–C) groups is 1. The van der Waals surface area contributed by atoms with Gasteiger partial charge in [0, 0.05) is 35.9 Å². The molecule has 2 bridgehead atoms. The van der Waals surface area contributed by atoms with Gasteiger partial charge in [-0.1, -0.05) is 0 Å². The van der Waals surface area contributed by atoms with Gasteiger partial charge in [0.1, 0.15) is 17.7 Å². The second kappa shape index (κ2) is 9.28. The Kier molecular flexibility index (Phi) is 6.26. The number of allylic oxidation sites excluding steroid dienone is 1. The minimum Gasteiger partial charge on any atom is -0.495 e. The van der Waals surface area contributed by atoms with E-state index in [0.29, 0.717) is 41.4 Å². The number of ether oxygens (including phenoxy) is 2. The summed E-state index contributed by atoms with van der Waals surface area (Å²) in [7, 11) is 1.59. The highest BCUT2D eigenvalue weighted by molar-refractivity contribution is 6.13. The zero-order valence-electron chi connectivity index (χ0n) is 18.8. The summed E-state index contributed by atoms with van der Waals surface area (Å²) in [5.41, 5.74) is 17.3. The van der Waals surface area contributed by atoms with E-state index < -0.39 is 6.10 Å². The lowest BCUT2D eigenvalue weighted by Gasteiger charge is -2.23. The lowest BCUT2D eigenvalue weighted by Crippen LogP contribution is -2.15. The Bertz CT molecular complexity index is 1260. The average Bonchev–Trinajstić information content (AvgIpc) is 2.82. The number of nitrogens with zero attached hydrogens (tertiary/aromatic N) is 3. The molecule has 0 saturated heterocycles. The molecular weight excluding hydrogens is 421 g/mol. The number of methoxy groups -OCH3 is 1. The van der Waals surface area contributed by atoms with E-state index in [-0.39, 0.29) is 11.6 Å². The first-order valence-corrected chi connectivity index (χ1v) is 10.7. The van der Waals surface area contributed by atoms with Crippen molar-refractivity contribution < 1.29 is 13.9 Å². The third kappa shape index (κ3) is 4.37. The highest BCUT2D eigenvalue weighted by atomic mass is 19.1. The third-order valence-corrected chi connectivity index (χ3v) is 5.55. The van der Waals surface area contributed by atoms with Crippen LogP contribution in [0.15, 0.2) is 59.5 Å². The molecule has 1 aromatic carbocycles. The molecule has 0 saturated carbocycles. The number of hydrogen-bond donors (Lipinski definition) is 2. The standard InChI is InChI=1S/C25H26FN5O2/c1-4-29-23-16(11-27)7-15-8-19(32-3)13-30-24(15)20-6-5-18(26)10-21(20)14(2)33-22-9-17(23)12-31-25(22)28/h5-6,8-14H,4,7,27H2,1-3H3,(H2,28,31)/t14-/m1/s1. The Morgan fingerprint density at radius 2 is 2.06 bits per heavy atom. The minimum absolute atomic E-state index is 0.234. The fraction of sp³-hybridized carbons (Fsp3) is 0.240. The van der Waals surface area contributed by atoms with Crippen molar-refractivity contribution >= 4 is 11.5 Å². The van der Waals surface area contributed by atoms with E-state index in [1.54, 1.807) is 31.6 Å². The number of nitrogen functional groups attached to an aromatic ring is 1. The molecule has 33 heavy (non-hydrogen) atoms. The summed E-state index contributed by atoms with van der Waals surface area (Å²) in [6.45, 7) is 4.34. The van der Waals surface area contributed by atoms with Crippen LogP contribution in [0.4, 0.5) is 10.2 Å². The Morgan fingerprint density at radius 3 is 2.79 bits per heavy atom. The van der Waals surface area contributed by atoms with Crippen LogP contribution in [-0.2, 0) is 6.42 Å². The lowest BCUT2D eigenvalue weighted by molar-refractivity contribution is 0.227. The number of pyridine rings is 2. The van der Waals surface area contributed by atoms with E-state index in [2.05, 4.69) is 15.0 Å². The maximum Gasteiger partial charge on any atom is 0.166 e. The highest BCUT2D eigenvalue weighted by Gasteiger charge is 2.23. The van der Waals surface area contributed by atoms with E-state index in [1.807, 2.05) is 19.9 Å². The smallest absolute Gasteiger partial charge is 0.166 e. The fourth-order valence-corrected chi connectivity index (χ4v) is 3.96. The highest BCUT2D eigenvalue weighted by Crippen LogP contribution is 2.36. The van der Waals surface area contributed by atoms with Gasteiger partial charge >= 0.3 is 0 Å². The number of anilines is 1. The number of aromatic nitrogens is 2. The summed E-state index contributed by atoms with van der Waals surface area (Å²) in [4.78, 5) is 13.7. The predicted octanol–water partition coefficient (Wildman–Crippen LogP) is 4.22. The zero-order chi connectivity index (χ0) is 23.5. The van der Waals surface area contributed by atoms with Crippen molar-refractivity contribution in [2.75, 3.05) is 19.4 Å². The van der Waals surface area contributed by atoms with Crippen molar-refractivity contribution in [1.82, 2.24) is 9.97 Å². The van der Waals surface area contributed by atoms with Gasteiger partial charge in [0.05, 0.1) is 24.7 Å². The second-order valence-corrected chi connectivity index (χ2v) is 7.67. The van der Waals surface area contributed by atoms with Crippen molar-refractivity contribution in [3.05, 3.63) is 77.0 Å². The van der Waals surface area contributed by atoms with E-state index >= 15 is 0 Å². The van der Waals surface area contributed by atoms with Crippen LogP contribution in [0, 0.1) is 5.82 Å². The summed E-state index contributed by atoms with van der Waals surface area (Å²) in [5, 5.41) is 0. The number of fused-ring (bicyclic) bond motifs is 5. The van der Waals surface area contributed by atoms with Crippen molar-refractivity contribution in [2.24, 2.45) is 10.7 Å². The maximum absolute atomic E-state index is 14.3. The molecule has 0 unspecified atom stereocenters. The van der Waals surface area contributed by atoms with Gasteiger partial charge in [-0.05, 0) is 61.5 Å². The molecule has 8 heteroatoms. The van der Waals surface area contributed by atoms with Gasteiger partial charge in [-0.2, -0.15) is 0 Å². The zero-order valence-corrected chi connectivity index (χ0v) is 18.8. The molecule has 0 amide bonds. The molecule has 0 radical (unpaired) electrons. The molecule has 0 fully saturated rings. The van der Waals surface area contributed by atoms with E-state index in [0.717, 1.165) is 22.3 Å².